The number of anilines is 2. The van der Waals surface area contributed by atoms with Gasteiger partial charge >= 0.3 is 0 Å². The van der Waals surface area contributed by atoms with Crippen LogP contribution in [0.25, 0.3) is 0 Å². The molecule has 1 heterocycles. The number of benzene rings is 3. The van der Waals surface area contributed by atoms with Crippen molar-refractivity contribution in [3.8, 4) is 0 Å². The Morgan fingerprint density at radius 3 is 1.87 bits per heavy atom. The fourth-order valence-electron chi connectivity index (χ4n) is 2.56. The van der Waals surface area contributed by atoms with E-state index in [0.717, 1.165) is 17.1 Å². The minimum atomic E-state index is 0.441. The molecule has 23 heavy (non-hydrogen) atoms. The summed E-state index contributed by atoms with van der Waals surface area (Å²) < 4.78 is 0. The van der Waals surface area contributed by atoms with Crippen LogP contribution >= 0.6 is 23.4 Å². The molecule has 4 rings (SSSR count). The standard InChI is InChI=1S/C19H13ClN2S/c20-19(21-14-8-2-1-3-9-14)22-15-10-4-6-12-17(15)23-18-13-7-5-11-16(18)22/h1-13H. The van der Waals surface area contributed by atoms with Crippen molar-refractivity contribution in [1.82, 2.24) is 0 Å². The number of fused-ring (bicyclic) bond motifs is 2. The van der Waals surface area contributed by atoms with E-state index in [-0.39, 0.29) is 0 Å². The molecule has 0 amide bonds. The van der Waals surface area contributed by atoms with Gasteiger partial charge in [0.2, 0.25) is 5.29 Å². The lowest BCUT2D eigenvalue weighted by molar-refractivity contribution is 1.20. The van der Waals surface area contributed by atoms with Gasteiger partial charge in [0.1, 0.15) is 0 Å². The molecule has 0 aromatic heterocycles. The maximum atomic E-state index is 6.62. The van der Waals surface area contributed by atoms with Crippen molar-refractivity contribution in [2.75, 3.05) is 4.90 Å². The van der Waals surface area contributed by atoms with Gasteiger partial charge in [-0.25, -0.2) is 4.99 Å². The highest BCUT2D eigenvalue weighted by Gasteiger charge is 2.25. The molecule has 0 radical (unpaired) electrons. The number of halogens is 1. The average Bonchev–Trinajstić information content (AvgIpc) is 2.60. The highest BCUT2D eigenvalue weighted by Crippen LogP contribution is 2.48. The fraction of sp³-hybridized carbons (Fsp3) is 0. The Hall–Kier alpha value is -2.23. The van der Waals surface area contributed by atoms with Crippen molar-refractivity contribution >= 4 is 45.7 Å². The maximum absolute atomic E-state index is 6.62. The van der Waals surface area contributed by atoms with E-state index in [1.54, 1.807) is 11.8 Å². The third kappa shape index (κ3) is 2.74. The van der Waals surface area contributed by atoms with Crippen LogP contribution < -0.4 is 4.90 Å². The minimum Gasteiger partial charge on any atom is -0.283 e. The summed E-state index contributed by atoms with van der Waals surface area (Å²) >= 11 is 8.37. The highest BCUT2D eigenvalue weighted by molar-refractivity contribution is 7.99. The van der Waals surface area contributed by atoms with Gasteiger partial charge in [-0.3, -0.25) is 4.90 Å². The summed E-state index contributed by atoms with van der Waals surface area (Å²) in [5.41, 5.74) is 2.95. The van der Waals surface area contributed by atoms with Crippen LogP contribution in [0, 0.1) is 0 Å². The van der Waals surface area contributed by atoms with Crippen LogP contribution in [0.1, 0.15) is 0 Å². The second-order valence-electron chi connectivity index (χ2n) is 5.09. The average molecular weight is 337 g/mol. The van der Waals surface area contributed by atoms with Gasteiger partial charge in [0.05, 0.1) is 17.1 Å². The largest absolute Gasteiger partial charge is 0.283 e. The Labute approximate surface area is 144 Å². The smallest absolute Gasteiger partial charge is 0.208 e. The van der Waals surface area contributed by atoms with E-state index in [2.05, 4.69) is 29.3 Å². The van der Waals surface area contributed by atoms with Crippen molar-refractivity contribution in [3.05, 3.63) is 78.9 Å². The number of hydrogen-bond acceptors (Lipinski definition) is 2. The van der Waals surface area contributed by atoms with Crippen molar-refractivity contribution in [2.24, 2.45) is 4.99 Å². The van der Waals surface area contributed by atoms with Gasteiger partial charge in [0.25, 0.3) is 0 Å². The quantitative estimate of drug-likeness (QED) is 0.298. The molecule has 0 bridgehead atoms. The fourth-order valence-corrected chi connectivity index (χ4v) is 3.90. The van der Waals surface area contributed by atoms with Crippen LogP contribution in [0.5, 0.6) is 0 Å². The lowest BCUT2D eigenvalue weighted by Gasteiger charge is -2.31. The normalized spacial score (nSPS) is 13.4. The Kier molecular flexibility index (Phi) is 3.82. The summed E-state index contributed by atoms with van der Waals surface area (Å²) in [5.74, 6) is 0. The lowest BCUT2D eigenvalue weighted by Crippen LogP contribution is -2.24. The van der Waals surface area contributed by atoms with Crippen LogP contribution in [0.15, 0.2) is 93.6 Å². The van der Waals surface area contributed by atoms with Crippen LogP contribution in [0.2, 0.25) is 0 Å². The summed E-state index contributed by atoms with van der Waals surface area (Å²) in [7, 11) is 0. The SMILES string of the molecule is ClC(=Nc1ccccc1)N1c2ccccc2Sc2ccccc21. The van der Waals surface area contributed by atoms with Crippen LogP contribution in [0.4, 0.5) is 17.1 Å². The van der Waals surface area contributed by atoms with Crippen LogP contribution in [0.3, 0.4) is 0 Å². The third-order valence-electron chi connectivity index (χ3n) is 3.59. The molecule has 0 atom stereocenters. The molecule has 0 aliphatic carbocycles. The van der Waals surface area contributed by atoms with E-state index >= 15 is 0 Å². The van der Waals surface area contributed by atoms with Crippen molar-refractivity contribution < 1.29 is 0 Å². The second-order valence-corrected chi connectivity index (χ2v) is 6.51. The molecule has 3 aromatic rings. The molecule has 4 heteroatoms. The summed E-state index contributed by atoms with van der Waals surface area (Å²) in [5, 5.41) is 0.441. The third-order valence-corrected chi connectivity index (χ3v) is 4.98. The van der Waals surface area contributed by atoms with Crippen molar-refractivity contribution in [3.63, 3.8) is 0 Å². The molecule has 0 spiro atoms. The molecule has 2 nitrogen and oxygen atoms in total. The summed E-state index contributed by atoms with van der Waals surface area (Å²) in [4.78, 5) is 8.94. The zero-order chi connectivity index (χ0) is 15.6. The molecule has 1 aliphatic rings. The number of rotatable bonds is 1. The van der Waals surface area contributed by atoms with Gasteiger partial charge in [-0.2, -0.15) is 0 Å². The minimum absolute atomic E-state index is 0.441. The first-order chi connectivity index (χ1) is 11.3. The molecular weight excluding hydrogens is 324 g/mol. The van der Waals surface area contributed by atoms with E-state index < -0.39 is 0 Å². The first-order valence-corrected chi connectivity index (χ1v) is 8.48. The molecule has 0 N–H and O–H groups in total. The van der Waals surface area contributed by atoms with Crippen LogP contribution in [-0.4, -0.2) is 5.29 Å². The molecular formula is C19H13ClN2S. The number of aliphatic imine (C=N–C) groups is 1. The molecule has 0 saturated carbocycles. The van der Waals surface area contributed by atoms with E-state index in [1.165, 1.54) is 9.79 Å². The number of hydrogen-bond donors (Lipinski definition) is 0. The van der Waals surface area contributed by atoms with Crippen molar-refractivity contribution in [1.29, 1.82) is 0 Å². The summed E-state index contributed by atoms with van der Waals surface area (Å²) in [6.07, 6.45) is 0. The second kappa shape index (κ2) is 6.11. The summed E-state index contributed by atoms with van der Waals surface area (Å²) in [6, 6.07) is 26.2. The number of nitrogens with zero attached hydrogens (tertiary/aromatic N) is 2. The van der Waals surface area contributed by atoms with E-state index in [1.807, 2.05) is 59.5 Å². The van der Waals surface area contributed by atoms with Gasteiger partial charge in [0, 0.05) is 9.79 Å². The number of para-hydroxylation sites is 3. The van der Waals surface area contributed by atoms with E-state index in [4.69, 9.17) is 11.6 Å². The maximum Gasteiger partial charge on any atom is 0.208 e. The van der Waals surface area contributed by atoms with Gasteiger partial charge < -0.3 is 0 Å². The molecule has 3 aromatic carbocycles. The van der Waals surface area contributed by atoms with Gasteiger partial charge in [-0.05, 0) is 48.0 Å². The highest BCUT2D eigenvalue weighted by atomic mass is 35.5. The predicted octanol–water partition coefficient (Wildman–Crippen LogP) is 6.22. The number of amidine groups is 1. The van der Waals surface area contributed by atoms with Gasteiger partial charge in [-0.15, -0.1) is 0 Å². The predicted molar refractivity (Wildman–Crippen MR) is 98.5 cm³/mol. The molecule has 0 saturated heterocycles. The Bertz CT molecular complexity index is 832. The summed E-state index contributed by atoms with van der Waals surface area (Å²) in [6.45, 7) is 0. The van der Waals surface area contributed by atoms with Gasteiger partial charge in [-0.1, -0.05) is 54.2 Å². The molecule has 1 aliphatic heterocycles. The molecule has 0 fully saturated rings. The first-order valence-electron chi connectivity index (χ1n) is 7.28. The van der Waals surface area contributed by atoms with E-state index in [9.17, 15) is 0 Å². The Balaban J connectivity index is 1.86. The first kappa shape index (κ1) is 14.4. The lowest BCUT2D eigenvalue weighted by atomic mass is 10.2. The Morgan fingerprint density at radius 1 is 0.739 bits per heavy atom. The zero-order valence-electron chi connectivity index (χ0n) is 12.2. The topological polar surface area (TPSA) is 15.6 Å². The van der Waals surface area contributed by atoms with Crippen molar-refractivity contribution in [2.45, 2.75) is 9.79 Å². The molecule has 0 unspecified atom stereocenters. The van der Waals surface area contributed by atoms with Gasteiger partial charge in [0.15, 0.2) is 0 Å². The monoisotopic (exact) mass is 336 g/mol. The molecule has 112 valence electrons. The zero-order valence-corrected chi connectivity index (χ0v) is 13.8. The van der Waals surface area contributed by atoms with Crippen LogP contribution in [-0.2, 0) is 0 Å². The van der Waals surface area contributed by atoms with E-state index in [0.29, 0.717) is 5.29 Å². The Morgan fingerprint density at radius 2 is 1.26 bits per heavy atom.